The van der Waals surface area contributed by atoms with Crippen LogP contribution in [0.3, 0.4) is 0 Å². The molecule has 15 heteroatoms. The first-order valence-corrected chi connectivity index (χ1v) is 11.8. The molecule has 1 aromatic carbocycles. The predicted octanol–water partition coefficient (Wildman–Crippen LogP) is 1.30. The van der Waals surface area contributed by atoms with E-state index in [0.717, 1.165) is 10.8 Å². The molecule has 1 N–H and O–H groups in total. The standard InChI is InChI=1S/C19H22F3N5O6S/c1-34(30,31)33-12-14(23-18(29)32-11-13-5-3-2-4-6-13)9-16(28)26-7-8-27-15(10-26)24-25-17(27)19(20,21)22/h2-6,14H,7-12H2,1H3,(H,23,29). The summed E-state index contributed by atoms with van der Waals surface area (Å²) in [5, 5.41) is 9.06. The third-order valence-corrected chi connectivity index (χ3v) is 5.36. The van der Waals surface area contributed by atoms with Crippen LogP contribution in [0, 0.1) is 0 Å². The molecular weight excluding hydrogens is 483 g/mol. The lowest BCUT2D eigenvalue weighted by molar-refractivity contribution is -0.148. The molecule has 0 radical (unpaired) electrons. The zero-order chi connectivity index (χ0) is 24.9. The van der Waals surface area contributed by atoms with Crippen LogP contribution in [0.15, 0.2) is 30.3 Å². The van der Waals surface area contributed by atoms with Gasteiger partial charge in [-0.15, -0.1) is 10.2 Å². The molecular formula is C19H22F3N5O6S. The second-order valence-electron chi connectivity index (χ2n) is 7.50. The zero-order valence-corrected chi connectivity index (χ0v) is 18.8. The van der Waals surface area contributed by atoms with Crippen LogP contribution in [0.1, 0.15) is 23.6 Å². The van der Waals surface area contributed by atoms with Crippen molar-refractivity contribution in [1.82, 2.24) is 25.0 Å². The minimum Gasteiger partial charge on any atom is -0.445 e. The summed E-state index contributed by atoms with van der Waals surface area (Å²) < 4.78 is 72.4. The Kier molecular flexibility index (Phi) is 7.76. The molecule has 1 aliphatic heterocycles. The molecule has 0 spiro atoms. The fourth-order valence-corrected chi connectivity index (χ4v) is 3.62. The molecule has 0 aliphatic carbocycles. The lowest BCUT2D eigenvalue weighted by atomic mass is 10.2. The number of benzene rings is 1. The molecule has 1 aromatic heterocycles. The highest BCUT2D eigenvalue weighted by Crippen LogP contribution is 2.29. The third kappa shape index (κ3) is 7.15. The van der Waals surface area contributed by atoms with E-state index in [9.17, 15) is 31.2 Å². The zero-order valence-electron chi connectivity index (χ0n) is 18.0. The summed E-state index contributed by atoms with van der Waals surface area (Å²) in [6, 6.07) is 7.71. The van der Waals surface area contributed by atoms with Crippen molar-refractivity contribution in [2.75, 3.05) is 19.4 Å². The van der Waals surface area contributed by atoms with Crippen molar-refractivity contribution in [2.45, 2.75) is 38.3 Å². The first-order chi connectivity index (χ1) is 15.9. The molecule has 1 atom stereocenters. The molecule has 0 bridgehead atoms. The van der Waals surface area contributed by atoms with Crippen molar-refractivity contribution in [2.24, 2.45) is 0 Å². The van der Waals surface area contributed by atoms with Gasteiger partial charge >= 0.3 is 12.3 Å². The Bertz CT molecular complexity index is 1120. The number of fused-ring (bicyclic) bond motifs is 1. The van der Waals surface area contributed by atoms with Crippen molar-refractivity contribution in [1.29, 1.82) is 0 Å². The highest BCUT2D eigenvalue weighted by molar-refractivity contribution is 7.85. The molecule has 0 saturated heterocycles. The Hall–Kier alpha value is -3.20. The monoisotopic (exact) mass is 505 g/mol. The largest absolute Gasteiger partial charge is 0.451 e. The SMILES string of the molecule is CS(=O)(=O)OCC(CC(=O)N1CCn2c(nnc2C(F)(F)F)C1)NC(=O)OCc1ccccc1. The molecule has 1 unspecified atom stereocenters. The first-order valence-electron chi connectivity index (χ1n) is 10.0. The average Bonchev–Trinajstić information content (AvgIpc) is 3.20. The second-order valence-corrected chi connectivity index (χ2v) is 9.14. The van der Waals surface area contributed by atoms with Gasteiger partial charge in [0.05, 0.1) is 25.4 Å². The van der Waals surface area contributed by atoms with Gasteiger partial charge in [0, 0.05) is 19.5 Å². The summed E-state index contributed by atoms with van der Waals surface area (Å²) in [5.41, 5.74) is 0.716. The van der Waals surface area contributed by atoms with Crippen LogP contribution in [-0.2, 0) is 49.7 Å². The Morgan fingerprint density at radius 3 is 2.53 bits per heavy atom. The maximum Gasteiger partial charge on any atom is 0.451 e. The van der Waals surface area contributed by atoms with Crippen molar-refractivity contribution in [3.05, 3.63) is 47.5 Å². The fourth-order valence-electron chi connectivity index (χ4n) is 3.21. The van der Waals surface area contributed by atoms with E-state index in [-0.39, 0.29) is 38.5 Å². The smallest absolute Gasteiger partial charge is 0.445 e. The number of halogens is 3. The van der Waals surface area contributed by atoms with Gasteiger partial charge in [-0.25, -0.2) is 4.79 Å². The second kappa shape index (κ2) is 10.4. The van der Waals surface area contributed by atoms with Gasteiger partial charge in [0.2, 0.25) is 11.7 Å². The van der Waals surface area contributed by atoms with Gasteiger partial charge < -0.3 is 19.5 Å². The number of aromatic nitrogens is 3. The highest BCUT2D eigenvalue weighted by atomic mass is 32.2. The van der Waals surface area contributed by atoms with Crippen LogP contribution in [0.25, 0.3) is 0 Å². The summed E-state index contributed by atoms with van der Waals surface area (Å²) in [4.78, 5) is 26.2. The summed E-state index contributed by atoms with van der Waals surface area (Å²) in [7, 11) is -3.87. The Morgan fingerprint density at radius 1 is 1.18 bits per heavy atom. The van der Waals surface area contributed by atoms with E-state index in [1.54, 1.807) is 30.3 Å². The number of nitrogens with zero attached hydrogens (tertiary/aromatic N) is 4. The highest BCUT2D eigenvalue weighted by Gasteiger charge is 2.40. The van der Waals surface area contributed by atoms with Crippen LogP contribution in [0.2, 0.25) is 0 Å². The van der Waals surface area contributed by atoms with Crippen LogP contribution >= 0.6 is 0 Å². The quantitative estimate of drug-likeness (QED) is 0.531. The average molecular weight is 505 g/mol. The van der Waals surface area contributed by atoms with Crippen molar-refractivity contribution in [3.8, 4) is 0 Å². The lowest BCUT2D eigenvalue weighted by Gasteiger charge is -2.29. The maximum absolute atomic E-state index is 13.0. The Labute approximate surface area is 193 Å². The molecule has 0 saturated carbocycles. The number of hydrogen-bond donors (Lipinski definition) is 1. The first kappa shape index (κ1) is 25.4. The van der Waals surface area contributed by atoms with Crippen LogP contribution in [0.4, 0.5) is 18.0 Å². The molecule has 186 valence electrons. The lowest BCUT2D eigenvalue weighted by Crippen LogP contribution is -2.45. The normalized spacial score (nSPS) is 14.9. The summed E-state index contributed by atoms with van der Waals surface area (Å²) in [6.07, 6.45) is -5.13. The molecule has 1 aliphatic rings. The molecule has 0 fully saturated rings. The van der Waals surface area contributed by atoms with Crippen LogP contribution in [0.5, 0.6) is 0 Å². The summed E-state index contributed by atoms with van der Waals surface area (Å²) >= 11 is 0. The van der Waals surface area contributed by atoms with Gasteiger partial charge in [-0.1, -0.05) is 30.3 Å². The van der Waals surface area contributed by atoms with E-state index in [0.29, 0.717) is 5.56 Å². The summed E-state index contributed by atoms with van der Waals surface area (Å²) in [5.74, 6) is -1.73. The van der Waals surface area contributed by atoms with E-state index < -0.39 is 46.8 Å². The van der Waals surface area contributed by atoms with Gasteiger partial charge in [-0.05, 0) is 5.56 Å². The van der Waals surface area contributed by atoms with Crippen molar-refractivity contribution < 1.29 is 40.1 Å². The number of carbonyl (C=O) groups is 2. The molecule has 2 aromatic rings. The number of ether oxygens (including phenoxy) is 1. The van der Waals surface area contributed by atoms with Gasteiger partial charge in [0.25, 0.3) is 10.1 Å². The van der Waals surface area contributed by atoms with Gasteiger partial charge in [-0.3, -0.25) is 8.98 Å². The number of alkyl carbamates (subject to hydrolysis) is 1. The number of rotatable bonds is 8. The number of amides is 2. The molecule has 3 rings (SSSR count). The third-order valence-electron chi connectivity index (χ3n) is 4.80. The topological polar surface area (TPSA) is 133 Å². The number of carbonyl (C=O) groups excluding carboxylic acids is 2. The molecule has 2 heterocycles. The maximum atomic E-state index is 13.0. The number of alkyl halides is 3. The van der Waals surface area contributed by atoms with Gasteiger partial charge in [0.15, 0.2) is 5.82 Å². The van der Waals surface area contributed by atoms with Gasteiger partial charge in [-0.2, -0.15) is 21.6 Å². The van der Waals surface area contributed by atoms with Gasteiger partial charge in [0.1, 0.15) is 6.61 Å². The summed E-state index contributed by atoms with van der Waals surface area (Å²) in [6.45, 7) is -1.03. The van der Waals surface area contributed by atoms with E-state index in [1.807, 2.05) is 0 Å². The predicted molar refractivity (Wildman–Crippen MR) is 109 cm³/mol. The Balaban J connectivity index is 1.61. The fraction of sp³-hybridized carbons (Fsp3) is 0.474. The van der Waals surface area contributed by atoms with Crippen molar-refractivity contribution >= 4 is 22.1 Å². The van der Waals surface area contributed by atoms with Crippen molar-refractivity contribution in [3.63, 3.8) is 0 Å². The van der Waals surface area contributed by atoms with Crippen LogP contribution in [-0.4, -0.2) is 65.5 Å². The van der Waals surface area contributed by atoms with E-state index >= 15 is 0 Å². The van der Waals surface area contributed by atoms with E-state index in [4.69, 9.17) is 8.92 Å². The Morgan fingerprint density at radius 2 is 1.88 bits per heavy atom. The molecule has 2 amide bonds. The minimum absolute atomic E-state index is 0.0360. The minimum atomic E-state index is -4.67. The number of hydrogen-bond acceptors (Lipinski definition) is 8. The van der Waals surface area contributed by atoms with Crippen LogP contribution < -0.4 is 5.32 Å². The molecule has 11 nitrogen and oxygen atoms in total. The van der Waals surface area contributed by atoms with E-state index in [1.165, 1.54) is 4.90 Å². The van der Waals surface area contributed by atoms with E-state index in [2.05, 4.69) is 15.5 Å². The number of nitrogens with one attached hydrogen (secondary N) is 1. The molecule has 34 heavy (non-hydrogen) atoms.